The molecule has 2 rings (SSSR count). The average Bonchev–Trinajstić information content (AvgIpc) is 2.72. The molecule has 2 aliphatic heterocycles. The number of thioether (sulfide) groups is 2. The predicted octanol–water partition coefficient (Wildman–Crippen LogP) is 3.23. The molecule has 0 aromatic rings. The van der Waals surface area contributed by atoms with Gasteiger partial charge in [-0.05, 0) is 39.4 Å². The van der Waals surface area contributed by atoms with Crippen molar-refractivity contribution >= 4 is 40.1 Å². The van der Waals surface area contributed by atoms with Crippen LogP contribution in [0.3, 0.4) is 0 Å². The van der Waals surface area contributed by atoms with Crippen LogP contribution in [0.1, 0.15) is 33.6 Å². The Morgan fingerprint density at radius 2 is 2.18 bits per heavy atom. The Hall–Kier alpha value is 0.550. The standard InChI is InChI=1S/C12H22N2S3/c1-12(2,3)14-8-13(11(15)17-9-14)7-10-5-4-6-16-10/h10H,4-9H2,1-3H3. The van der Waals surface area contributed by atoms with Gasteiger partial charge < -0.3 is 4.90 Å². The molecular weight excluding hydrogens is 268 g/mol. The third-order valence-corrected chi connectivity index (χ3v) is 6.28. The second kappa shape index (κ2) is 5.68. The first kappa shape index (κ1) is 14.0. The van der Waals surface area contributed by atoms with Gasteiger partial charge in [0.2, 0.25) is 0 Å². The van der Waals surface area contributed by atoms with Crippen molar-refractivity contribution in [2.24, 2.45) is 0 Å². The molecule has 2 saturated heterocycles. The summed E-state index contributed by atoms with van der Waals surface area (Å²) < 4.78 is 1.10. The molecule has 2 aliphatic rings. The van der Waals surface area contributed by atoms with E-state index in [4.69, 9.17) is 12.2 Å². The van der Waals surface area contributed by atoms with Crippen molar-refractivity contribution < 1.29 is 0 Å². The van der Waals surface area contributed by atoms with E-state index in [1.807, 2.05) is 11.8 Å². The van der Waals surface area contributed by atoms with E-state index in [1.165, 1.54) is 18.6 Å². The second-order valence-electron chi connectivity index (χ2n) is 5.75. The Kier molecular flexibility index (Phi) is 4.67. The maximum atomic E-state index is 5.49. The number of hydrogen-bond donors (Lipinski definition) is 0. The summed E-state index contributed by atoms with van der Waals surface area (Å²) in [4.78, 5) is 4.91. The van der Waals surface area contributed by atoms with E-state index in [0.717, 1.165) is 28.7 Å². The Morgan fingerprint density at radius 1 is 1.41 bits per heavy atom. The summed E-state index contributed by atoms with van der Waals surface area (Å²) in [6, 6.07) is 0. The molecule has 0 aromatic carbocycles. The fraction of sp³-hybridized carbons (Fsp3) is 0.917. The van der Waals surface area contributed by atoms with Crippen LogP contribution >= 0.6 is 35.7 Å². The van der Waals surface area contributed by atoms with Crippen molar-refractivity contribution in [2.45, 2.75) is 44.4 Å². The summed E-state index contributed by atoms with van der Waals surface area (Å²) >= 11 is 9.43. The van der Waals surface area contributed by atoms with Crippen LogP contribution in [0.2, 0.25) is 0 Å². The van der Waals surface area contributed by atoms with E-state index in [1.54, 1.807) is 0 Å². The van der Waals surface area contributed by atoms with Gasteiger partial charge in [0.05, 0.1) is 12.5 Å². The first-order chi connectivity index (χ1) is 7.97. The lowest BCUT2D eigenvalue weighted by atomic mass is 10.1. The van der Waals surface area contributed by atoms with Gasteiger partial charge in [-0.25, -0.2) is 0 Å². The van der Waals surface area contributed by atoms with Crippen LogP contribution in [0.15, 0.2) is 0 Å². The first-order valence-corrected chi connectivity index (χ1v) is 8.69. The van der Waals surface area contributed by atoms with E-state index >= 15 is 0 Å². The number of rotatable bonds is 2. The highest BCUT2D eigenvalue weighted by atomic mass is 32.2. The third kappa shape index (κ3) is 3.75. The highest BCUT2D eigenvalue weighted by Gasteiger charge is 2.30. The van der Waals surface area contributed by atoms with Crippen molar-refractivity contribution in [3.63, 3.8) is 0 Å². The zero-order valence-corrected chi connectivity index (χ0v) is 13.4. The van der Waals surface area contributed by atoms with Crippen LogP contribution in [-0.4, -0.2) is 49.8 Å². The molecule has 0 radical (unpaired) electrons. The molecule has 2 heterocycles. The summed E-state index contributed by atoms with van der Waals surface area (Å²) in [5.74, 6) is 2.37. The molecule has 0 aliphatic carbocycles. The normalized spacial score (nSPS) is 27.8. The van der Waals surface area contributed by atoms with E-state index in [-0.39, 0.29) is 5.54 Å². The Morgan fingerprint density at radius 3 is 2.76 bits per heavy atom. The summed E-state index contributed by atoms with van der Waals surface area (Å²) in [6.45, 7) is 8.99. The van der Waals surface area contributed by atoms with Gasteiger partial charge in [-0.1, -0.05) is 24.0 Å². The second-order valence-corrected chi connectivity index (χ2v) is 8.74. The topological polar surface area (TPSA) is 6.48 Å². The van der Waals surface area contributed by atoms with Crippen molar-refractivity contribution in [3.8, 4) is 0 Å². The molecular formula is C12H22N2S3. The van der Waals surface area contributed by atoms with Gasteiger partial charge in [0, 0.05) is 17.3 Å². The minimum absolute atomic E-state index is 0.240. The Balaban J connectivity index is 1.92. The fourth-order valence-electron chi connectivity index (χ4n) is 2.10. The maximum Gasteiger partial charge on any atom is 0.138 e. The molecule has 17 heavy (non-hydrogen) atoms. The van der Waals surface area contributed by atoms with Crippen molar-refractivity contribution in [1.82, 2.24) is 9.80 Å². The fourth-order valence-corrected chi connectivity index (χ4v) is 4.73. The molecule has 1 atom stereocenters. The largest absolute Gasteiger partial charge is 0.343 e. The van der Waals surface area contributed by atoms with E-state index in [0.29, 0.717) is 0 Å². The van der Waals surface area contributed by atoms with E-state index < -0.39 is 0 Å². The summed E-state index contributed by atoms with van der Waals surface area (Å²) in [5.41, 5.74) is 0.240. The predicted molar refractivity (Wildman–Crippen MR) is 83.7 cm³/mol. The lowest BCUT2D eigenvalue weighted by Crippen LogP contribution is -2.53. The van der Waals surface area contributed by atoms with E-state index in [2.05, 4.69) is 42.3 Å². The van der Waals surface area contributed by atoms with Crippen LogP contribution in [-0.2, 0) is 0 Å². The molecule has 0 saturated carbocycles. The number of thiocarbonyl (C=S) groups is 1. The van der Waals surface area contributed by atoms with Crippen LogP contribution in [0.5, 0.6) is 0 Å². The van der Waals surface area contributed by atoms with Gasteiger partial charge in [-0.3, -0.25) is 4.90 Å². The molecule has 98 valence electrons. The van der Waals surface area contributed by atoms with Crippen LogP contribution < -0.4 is 0 Å². The zero-order valence-electron chi connectivity index (χ0n) is 10.9. The quantitative estimate of drug-likeness (QED) is 0.718. The maximum absolute atomic E-state index is 5.49. The van der Waals surface area contributed by atoms with E-state index in [9.17, 15) is 0 Å². The van der Waals surface area contributed by atoms with Crippen LogP contribution in [0, 0.1) is 0 Å². The first-order valence-electron chi connectivity index (χ1n) is 6.25. The van der Waals surface area contributed by atoms with Crippen molar-refractivity contribution in [1.29, 1.82) is 0 Å². The molecule has 0 bridgehead atoms. The summed E-state index contributed by atoms with van der Waals surface area (Å²) in [7, 11) is 0. The highest BCUT2D eigenvalue weighted by Crippen LogP contribution is 2.30. The lowest BCUT2D eigenvalue weighted by molar-refractivity contribution is 0.109. The molecule has 0 aromatic heterocycles. The smallest absolute Gasteiger partial charge is 0.138 e. The number of hydrogen-bond acceptors (Lipinski definition) is 4. The molecule has 0 amide bonds. The molecule has 0 spiro atoms. The molecule has 1 unspecified atom stereocenters. The van der Waals surface area contributed by atoms with Crippen molar-refractivity contribution in [3.05, 3.63) is 0 Å². The van der Waals surface area contributed by atoms with Gasteiger partial charge in [0.25, 0.3) is 0 Å². The van der Waals surface area contributed by atoms with Gasteiger partial charge >= 0.3 is 0 Å². The van der Waals surface area contributed by atoms with Gasteiger partial charge in [-0.15, -0.1) is 0 Å². The SMILES string of the molecule is CC(C)(C)N1CSC(=S)N(CC2CCCS2)C1. The molecule has 0 N–H and O–H groups in total. The minimum Gasteiger partial charge on any atom is -0.343 e. The summed E-state index contributed by atoms with van der Waals surface area (Å²) in [6.07, 6.45) is 2.75. The van der Waals surface area contributed by atoms with Crippen LogP contribution in [0.4, 0.5) is 0 Å². The average molecular weight is 291 g/mol. The zero-order chi connectivity index (χ0) is 12.5. The monoisotopic (exact) mass is 290 g/mol. The third-order valence-electron chi connectivity index (χ3n) is 3.34. The van der Waals surface area contributed by atoms with Gasteiger partial charge in [-0.2, -0.15) is 11.8 Å². The molecule has 2 nitrogen and oxygen atoms in total. The lowest BCUT2D eigenvalue weighted by Gasteiger charge is -2.44. The highest BCUT2D eigenvalue weighted by molar-refractivity contribution is 8.22. The van der Waals surface area contributed by atoms with Crippen LogP contribution in [0.25, 0.3) is 0 Å². The molecule has 2 fully saturated rings. The number of nitrogens with zero attached hydrogens (tertiary/aromatic N) is 2. The van der Waals surface area contributed by atoms with Gasteiger partial charge in [0.1, 0.15) is 4.32 Å². The van der Waals surface area contributed by atoms with Gasteiger partial charge in [0.15, 0.2) is 0 Å². The minimum atomic E-state index is 0.240. The summed E-state index contributed by atoms with van der Waals surface area (Å²) in [5, 5.41) is 0.800. The van der Waals surface area contributed by atoms with Crippen molar-refractivity contribution in [2.75, 3.05) is 24.8 Å². The Labute approximate surface area is 119 Å². The Bertz CT molecular complexity index is 282. The molecule has 5 heteroatoms.